The lowest BCUT2D eigenvalue weighted by atomic mass is 10.1. The summed E-state index contributed by atoms with van der Waals surface area (Å²) in [6.45, 7) is 7.87. The van der Waals surface area contributed by atoms with Crippen LogP contribution in [-0.2, 0) is 0 Å². The Bertz CT molecular complexity index is 954. The SMILES string of the molecule is Cc1nc(Nc2ccc(C)c(C)c2)cc(C(=O)NC(C)c2ccccc2)n1. The van der Waals surface area contributed by atoms with Crippen molar-refractivity contribution in [3.05, 3.63) is 82.8 Å². The van der Waals surface area contributed by atoms with E-state index in [1.165, 1.54) is 11.1 Å². The van der Waals surface area contributed by atoms with Gasteiger partial charge in [-0.25, -0.2) is 9.97 Å². The minimum atomic E-state index is -0.222. The number of carbonyl (C=O) groups excluding carboxylic acids is 1. The third-order valence-electron chi connectivity index (χ3n) is 4.50. The third kappa shape index (κ3) is 4.70. The van der Waals surface area contributed by atoms with E-state index in [-0.39, 0.29) is 11.9 Å². The van der Waals surface area contributed by atoms with Gasteiger partial charge in [-0.05, 0) is 56.5 Å². The first-order chi connectivity index (χ1) is 12.9. The van der Waals surface area contributed by atoms with E-state index in [1.54, 1.807) is 13.0 Å². The van der Waals surface area contributed by atoms with Gasteiger partial charge in [-0.2, -0.15) is 0 Å². The molecule has 27 heavy (non-hydrogen) atoms. The molecule has 5 heteroatoms. The van der Waals surface area contributed by atoms with Crippen LogP contribution in [0.2, 0.25) is 0 Å². The van der Waals surface area contributed by atoms with Gasteiger partial charge in [0.2, 0.25) is 0 Å². The van der Waals surface area contributed by atoms with E-state index in [9.17, 15) is 4.79 Å². The molecule has 1 atom stereocenters. The molecule has 1 amide bonds. The van der Waals surface area contributed by atoms with Crippen LogP contribution in [0.3, 0.4) is 0 Å². The van der Waals surface area contributed by atoms with Gasteiger partial charge < -0.3 is 10.6 Å². The van der Waals surface area contributed by atoms with Gasteiger partial charge in [0.25, 0.3) is 5.91 Å². The summed E-state index contributed by atoms with van der Waals surface area (Å²) < 4.78 is 0. The molecule has 0 aliphatic carbocycles. The molecule has 3 aromatic rings. The van der Waals surface area contributed by atoms with Crippen LogP contribution in [0.15, 0.2) is 54.6 Å². The largest absolute Gasteiger partial charge is 0.344 e. The Morgan fingerprint density at radius 3 is 2.37 bits per heavy atom. The number of carbonyl (C=O) groups is 1. The molecular weight excluding hydrogens is 336 g/mol. The van der Waals surface area contributed by atoms with E-state index in [1.807, 2.05) is 43.3 Å². The highest BCUT2D eigenvalue weighted by atomic mass is 16.1. The zero-order valence-corrected chi connectivity index (χ0v) is 16.1. The zero-order chi connectivity index (χ0) is 19.4. The average Bonchev–Trinajstić information content (AvgIpc) is 2.65. The van der Waals surface area contributed by atoms with Crippen molar-refractivity contribution in [1.82, 2.24) is 15.3 Å². The van der Waals surface area contributed by atoms with E-state index < -0.39 is 0 Å². The Balaban J connectivity index is 1.78. The number of hydrogen-bond donors (Lipinski definition) is 2. The van der Waals surface area contributed by atoms with E-state index in [4.69, 9.17) is 0 Å². The topological polar surface area (TPSA) is 66.9 Å². The first kappa shape index (κ1) is 18.6. The Kier molecular flexibility index (Phi) is 5.50. The Morgan fingerprint density at radius 2 is 1.67 bits per heavy atom. The maximum Gasteiger partial charge on any atom is 0.270 e. The molecule has 0 saturated carbocycles. The Morgan fingerprint density at radius 1 is 0.926 bits per heavy atom. The van der Waals surface area contributed by atoms with Crippen LogP contribution < -0.4 is 10.6 Å². The van der Waals surface area contributed by atoms with Gasteiger partial charge in [0.1, 0.15) is 17.3 Å². The molecule has 0 fully saturated rings. The van der Waals surface area contributed by atoms with Crippen molar-refractivity contribution >= 4 is 17.4 Å². The summed E-state index contributed by atoms with van der Waals surface area (Å²) in [5.41, 5.74) is 4.75. The molecule has 1 unspecified atom stereocenters. The van der Waals surface area contributed by atoms with Gasteiger partial charge in [-0.15, -0.1) is 0 Å². The summed E-state index contributed by atoms with van der Waals surface area (Å²) in [6, 6.07) is 17.5. The molecule has 0 saturated heterocycles. The van der Waals surface area contributed by atoms with Crippen molar-refractivity contribution < 1.29 is 4.79 Å². The smallest absolute Gasteiger partial charge is 0.270 e. The van der Waals surface area contributed by atoms with Crippen molar-refractivity contribution in [1.29, 1.82) is 0 Å². The fourth-order valence-corrected chi connectivity index (χ4v) is 2.81. The molecule has 0 aliphatic heterocycles. The molecule has 2 aromatic carbocycles. The maximum absolute atomic E-state index is 12.7. The number of aromatic nitrogens is 2. The highest BCUT2D eigenvalue weighted by Crippen LogP contribution is 2.19. The van der Waals surface area contributed by atoms with Crippen molar-refractivity contribution in [2.24, 2.45) is 0 Å². The van der Waals surface area contributed by atoms with Crippen LogP contribution in [0, 0.1) is 20.8 Å². The number of rotatable bonds is 5. The van der Waals surface area contributed by atoms with E-state index in [0.717, 1.165) is 11.3 Å². The predicted molar refractivity (Wildman–Crippen MR) is 108 cm³/mol. The number of benzene rings is 2. The molecule has 5 nitrogen and oxygen atoms in total. The van der Waals surface area contributed by atoms with Crippen molar-refractivity contribution in [2.75, 3.05) is 5.32 Å². The fourth-order valence-electron chi connectivity index (χ4n) is 2.81. The molecular formula is C22H24N4O. The summed E-state index contributed by atoms with van der Waals surface area (Å²) in [5.74, 6) is 0.921. The van der Waals surface area contributed by atoms with Gasteiger partial charge in [0, 0.05) is 11.8 Å². The molecule has 0 radical (unpaired) electrons. The van der Waals surface area contributed by atoms with Crippen LogP contribution in [0.4, 0.5) is 11.5 Å². The molecule has 138 valence electrons. The number of amides is 1. The van der Waals surface area contributed by atoms with Crippen LogP contribution in [0.1, 0.15) is 46.0 Å². The molecule has 0 bridgehead atoms. The first-order valence-electron chi connectivity index (χ1n) is 8.98. The Hall–Kier alpha value is -3.21. The number of aryl methyl sites for hydroxylation is 3. The maximum atomic E-state index is 12.7. The van der Waals surface area contributed by atoms with Gasteiger partial charge in [-0.3, -0.25) is 4.79 Å². The van der Waals surface area contributed by atoms with Crippen molar-refractivity contribution in [2.45, 2.75) is 33.7 Å². The second kappa shape index (κ2) is 7.99. The predicted octanol–water partition coefficient (Wildman–Crippen LogP) is 4.64. The third-order valence-corrected chi connectivity index (χ3v) is 4.50. The molecule has 0 spiro atoms. The fraction of sp³-hybridized carbons (Fsp3) is 0.227. The van der Waals surface area contributed by atoms with E-state index >= 15 is 0 Å². The van der Waals surface area contributed by atoms with Gasteiger partial charge in [0.15, 0.2) is 0 Å². The van der Waals surface area contributed by atoms with Gasteiger partial charge >= 0.3 is 0 Å². The molecule has 1 heterocycles. The number of nitrogens with one attached hydrogen (secondary N) is 2. The summed E-state index contributed by atoms with van der Waals surface area (Å²) >= 11 is 0. The van der Waals surface area contributed by atoms with Crippen LogP contribution in [0.25, 0.3) is 0 Å². The van der Waals surface area contributed by atoms with Gasteiger partial charge in [0.05, 0.1) is 6.04 Å². The lowest BCUT2D eigenvalue weighted by Gasteiger charge is -2.15. The monoisotopic (exact) mass is 360 g/mol. The molecule has 1 aromatic heterocycles. The second-order valence-corrected chi connectivity index (χ2v) is 6.72. The average molecular weight is 360 g/mol. The second-order valence-electron chi connectivity index (χ2n) is 6.72. The lowest BCUT2D eigenvalue weighted by molar-refractivity contribution is 0.0934. The summed E-state index contributed by atoms with van der Waals surface area (Å²) in [4.78, 5) is 21.3. The highest BCUT2D eigenvalue weighted by Gasteiger charge is 2.14. The summed E-state index contributed by atoms with van der Waals surface area (Å²) in [7, 11) is 0. The number of hydrogen-bond acceptors (Lipinski definition) is 4. The van der Waals surface area contributed by atoms with Gasteiger partial charge in [-0.1, -0.05) is 36.4 Å². The highest BCUT2D eigenvalue weighted by molar-refractivity contribution is 5.93. The normalized spacial score (nSPS) is 11.7. The van der Waals surface area contributed by atoms with Crippen molar-refractivity contribution in [3.63, 3.8) is 0 Å². The molecule has 2 N–H and O–H groups in total. The zero-order valence-electron chi connectivity index (χ0n) is 16.1. The van der Waals surface area contributed by atoms with Crippen LogP contribution >= 0.6 is 0 Å². The number of anilines is 2. The first-order valence-corrected chi connectivity index (χ1v) is 8.98. The molecule has 0 aliphatic rings. The Labute approximate surface area is 159 Å². The van der Waals surface area contributed by atoms with Crippen LogP contribution in [-0.4, -0.2) is 15.9 Å². The number of nitrogens with zero attached hydrogens (tertiary/aromatic N) is 2. The molecule has 3 rings (SSSR count). The lowest BCUT2D eigenvalue weighted by Crippen LogP contribution is -2.27. The van der Waals surface area contributed by atoms with Crippen LogP contribution in [0.5, 0.6) is 0 Å². The minimum absolute atomic E-state index is 0.106. The van der Waals surface area contributed by atoms with E-state index in [0.29, 0.717) is 17.3 Å². The standard InChI is InChI=1S/C22H24N4O/c1-14-10-11-19(12-15(14)2)26-21-13-20(24-17(4)25-21)22(27)23-16(3)18-8-6-5-7-9-18/h5-13,16H,1-4H3,(H,23,27)(H,24,25,26). The van der Waals surface area contributed by atoms with Crippen molar-refractivity contribution in [3.8, 4) is 0 Å². The minimum Gasteiger partial charge on any atom is -0.344 e. The van der Waals surface area contributed by atoms with E-state index in [2.05, 4.69) is 46.6 Å². The quantitative estimate of drug-likeness (QED) is 0.696. The summed E-state index contributed by atoms with van der Waals surface area (Å²) in [5, 5.41) is 6.25. The summed E-state index contributed by atoms with van der Waals surface area (Å²) in [6.07, 6.45) is 0.